The maximum Gasteiger partial charge on any atom is 0.324 e. The Kier molecular flexibility index (Phi) is 4.23. The Morgan fingerprint density at radius 1 is 1.50 bits per heavy atom. The van der Waals surface area contributed by atoms with Gasteiger partial charge in [-0.1, -0.05) is 6.92 Å². The van der Waals surface area contributed by atoms with E-state index < -0.39 is 23.1 Å². The van der Waals surface area contributed by atoms with Crippen molar-refractivity contribution >= 4 is 5.97 Å². The first-order valence-electron chi connectivity index (χ1n) is 6.57. The lowest BCUT2D eigenvalue weighted by Crippen LogP contribution is -2.50. The molecule has 1 aromatic carbocycles. The Balaban J connectivity index is 2.05. The Bertz CT molecular complexity index is 509. The van der Waals surface area contributed by atoms with Gasteiger partial charge >= 0.3 is 5.97 Å². The second kappa shape index (κ2) is 5.75. The van der Waals surface area contributed by atoms with Crippen molar-refractivity contribution in [1.82, 2.24) is 5.32 Å². The molecule has 2 N–H and O–H groups in total. The number of halogens is 2. The second-order valence-electron chi connectivity index (χ2n) is 4.98. The second-order valence-corrected chi connectivity index (χ2v) is 4.98. The van der Waals surface area contributed by atoms with Crippen LogP contribution in [0.3, 0.4) is 0 Å². The molecule has 1 aromatic rings. The molecule has 0 aliphatic heterocycles. The first-order chi connectivity index (χ1) is 9.47. The van der Waals surface area contributed by atoms with Gasteiger partial charge in [-0.25, -0.2) is 8.78 Å². The lowest BCUT2D eigenvalue weighted by atomic mass is 9.98. The molecule has 1 aliphatic rings. The lowest BCUT2D eigenvalue weighted by Gasteiger charge is -2.25. The van der Waals surface area contributed by atoms with E-state index >= 15 is 0 Å². The first kappa shape index (κ1) is 14.7. The van der Waals surface area contributed by atoms with Crippen LogP contribution in [0.4, 0.5) is 8.78 Å². The highest BCUT2D eigenvalue weighted by atomic mass is 19.2. The molecule has 2 atom stereocenters. The van der Waals surface area contributed by atoms with Gasteiger partial charge in [0.15, 0.2) is 11.6 Å². The number of aliphatic carboxylic acids is 1. The number of ether oxygens (including phenoxy) is 1. The van der Waals surface area contributed by atoms with Gasteiger partial charge in [-0.05, 0) is 31.5 Å². The van der Waals surface area contributed by atoms with E-state index in [0.717, 1.165) is 12.1 Å². The highest BCUT2D eigenvalue weighted by molar-refractivity contribution is 5.79. The minimum absolute atomic E-state index is 0.214. The van der Waals surface area contributed by atoms with Crippen molar-refractivity contribution < 1.29 is 23.4 Å². The van der Waals surface area contributed by atoms with Gasteiger partial charge in [-0.3, -0.25) is 4.79 Å². The van der Waals surface area contributed by atoms with E-state index in [-0.39, 0.29) is 11.9 Å². The van der Waals surface area contributed by atoms with Crippen molar-refractivity contribution in [3.05, 3.63) is 29.8 Å². The molecule has 1 aliphatic carbocycles. The minimum Gasteiger partial charge on any atom is -0.490 e. The van der Waals surface area contributed by atoms with Gasteiger partial charge in [0.2, 0.25) is 0 Å². The molecule has 0 aromatic heterocycles. The Morgan fingerprint density at radius 3 is 2.85 bits per heavy atom. The molecule has 0 amide bonds. The van der Waals surface area contributed by atoms with Crippen molar-refractivity contribution in [3.63, 3.8) is 0 Å². The number of hydrogen-bond acceptors (Lipinski definition) is 3. The van der Waals surface area contributed by atoms with Crippen LogP contribution in [0.2, 0.25) is 0 Å². The van der Waals surface area contributed by atoms with E-state index in [1.165, 1.54) is 6.07 Å². The van der Waals surface area contributed by atoms with Gasteiger partial charge < -0.3 is 15.2 Å². The van der Waals surface area contributed by atoms with Gasteiger partial charge in [-0.2, -0.15) is 0 Å². The van der Waals surface area contributed by atoms with Crippen LogP contribution in [0.5, 0.6) is 5.75 Å². The molecular formula is C14H17F2NO3. The molecular weight excluding hydrogens is 268 g/mol. The van der Waals surface area contributed by atoms with Gasteiger partial charge in [0.05, 0.1) is 0 Å². The normalized spacial score (nSPS) is 25.6. The van der Waals surface area contributed by atoms with Gasteiger partial charge in [0.25, 0.3) is 0 Å². The third-order valence-electron chi connectivity index (χ3n) is 3.59. The molecule has 0 spiro atoms. The summed E-state index contributed by atoms with van der Waals surface area (Å²) in [4.78, 5) is 11.4. The number of hydrogen-bond donors (Lipinski definition) is 2. The Labute approximate surface area is 115 Å². The summed E-state index contributed by atoms with van der Waals surface area (Å²) in [6, 6.07) is 3.31. The van der Waals surface area contributed by atoms with E-state index in [2.05, 4.69) is 5.32 Å². The fraction of sp³-hybridized carbons (Fsp3) is 0.500. The molecule has 0 heterocycles. The summed E-state index contributed by atoms with van der Waals surface area (Å²) in [5, 5.41) is 12.3. The van der Waals surface area contributed by atoms with Crippen LogP contribution >= 0.6 is 0 Å². The number of rotatable bonds is 5. The van der Waals surface area contributed by atoms with Crippen molar-refractivity contribution in [2.75, 3.05) is 6.54 Å². The van der Waals surface area contributed by atoms with Crippen LogP contribution in [0.25, 0.3) is 0 Å². The Morgan fingerprint density at radius 2 is 2.25 bits per heavy atom. The Hall–Kier alpha value is -1.69. The quantitative estimate of drug-likeness (QED) is 0.871. The van der Waals surface area contributed by atoms with Crippen LogP contribution in [-0.2, 0) is 4.79 Å². The van der Waals surface area contributed by atoms with Crippen LogP contribution in [0, 0.1) is 11.6 Å². The van der Waals surface area contributed by atoms with Crippen molar-refractivity contribution in [3.8, 4) is 5.75 Å². The molecule has 2 rings (SSSR count). The summed E-state index contributed by atoms with van der Waals surface area (Å²) >= 11 is 0. The third kappa shape index (κ3) is 2.90. The average molecular weight is 285 g/mol. The highest BCUT2D eigenvalue weighted by Crippen LogP contribution is 2.33. The molecule has 0 saturated heterocycles. The zero-order valence-corrected chi connectivity index (χ0v) is 11.2. The molecule has 0 radical (unpaired) electrons. The lowest BCUT2D eigenvalue weighted by molar-refractivity contribution is -0.144. The van der Waals surface area contributed by atoms with Gasteiger partial charge in [0, 0.05) is 12.5 Å². The van der Waals surface area contributed by atoms with Crippen LogP contribution in [0.15, 0.2) is 18.2 Å². The predicted molar refractivity (Wildman–Crippen MR) is 68.7 cm³/mol. The average Bonchev–Trinajstić information content (AvgIpc) is 2.79. The smallest absolute Gasteiger partial charge is 0.324 e. The zero-order chi connectivity index (χ0) is 14.8. The minimum atomic E-state index is -0.988. The number of benzene rings is 1. The first-order valence-corrected chi connectivity index (χ1v) is 6.57. The summed E-state index contributed by atoms with van der Waals surface area (Å²) < 4.78 is 31.5. The number of nitrogens with one attached hydrogen (secondary N) is 1. The molecule has 1 saturated carbocycles. The third-order valence-corrected chi connectivity index (χ3v) is 3.59. The van der Waals surface area contributed by atoms with E-state index in [1.54, 1.807) is 0 Å². The largest absolute Gasteiger partial charge is 0.490 e. The topological polar surface area (TPSA) is 58.6 Å². The van der Waals surface area contributed by atoms with Gasteiger partial charge in [0.1, 0.15) is 17.4 Å². The number of carbonyl (C=O) groups is 1. The molecule has 4 nitrogen and oxygen atoms in total. The molecule has 20 heavy (non-hydrogen) atoms. The van der Waals surface area contributed by atoms with Crippen molar-refractivity contribution in [2.45, 2.75) is 37.8 Å². The molecule has 1 fully saturated rings. The predicted octanol–water partition coefficient (Wildman–Crippen LogP) is 2.33. The summed E-state index contributed by atoms with van der Waals surface area (Å²) in [5.41, 5.74) is -0.988. The maximum absolute atomic E-state index is 13.1. The van der Waals surface area contributed by atoms with E-state index in [1.807, 2.05) is 6.92 Å². The maximum atomic E-state index is 13.1. The van der Waals surface area contributed by atoms with E-state index in [4.69, 9.17) is 4.74 Å². The van der Waals surface area contributed by atoms with Gasteiger partial charge in [-0.15, -0.1) is 0 Å². The SMILES string of the molecule is CCNC1(C(=O)O)CCC(Oc2ccc(F)c(F)c2)C1. The van der Waals surface area contributed by atoms with E-state index in [0.29, 0.717) is 25.8 Å². The van der Waals surface area contributed by atoms with Crippen LogP contribution < -0.4 is 10.1 Å². The molecule has 6 heteroatoms. The zero-order valence-electron chi connectivity index (χ0n) is 11.2. The molecule has 2 unspecified atom stereocenters. The fourth-order valence-corrected chi connectivity index (χ4v) is 2.61. The number of likely N-dealkylation sites (N-methyl/N-ethyl adjacent to an activating group) is 1. The summed E-state index contributed by atoms with van der Waals surface area (Å²) in [6.45, 7) is 2.39. The molecule has 110 valence electrons. The fourth-order valence-electron chi connectivity index (χ4n) is 2.61. The number of carboxylic acid groups (broad SMARTS) is 1. The van der Waals surface area contributed by atoms with Crippen molar-refractivity contribution in [2.24, 2.45) is 0 Å². The van der Waals surface area contributed by atoms with Crippen molar-refractivity contribution in [1.29, 1.82) is 0 Å². The van der Waals surface area contributed by atoms with Crippen LogP contribution in [-0.4, -0.2) is 29.3 Å². The monoisotopic (exact) mass is 285 g/mol. The highest BCUT2D eigenvalue weighted by Gasteiger charge is 2.45. The molecule has 0 bridgehead atoms. The summed E-state index contributed by atoms with van der Waals surface area (Å²) in [7, 11) is 0. The number of carboxylic acids is 1. The van der Waals surface area contributed by atoms with Crippen LogP contribution in [0.1, 0.15) is 26.2 Å². The summed E-state index contributed by atoms with van der Waals surface area (Å²) in [6.07, 6.45) is 0.979. The summed E-state index contributed by atoms with van der Waals surface area (Å²) in [5.74, 6) is -2.60. The van der Waals surface area contributed by atoms with E-state index in [9.17, 15) is 18.7 Å². The standard InChI is InChI=1S/C14H17F2NO3/c1-2-17-14(13(18)19)6-5-10(8-14)20-9-3-4-11(15)12(16)7-9/h3-4,7,10,17H,2,5-6,8H2,1H3,(H,18,19).